The van der Waals surface area contributed by atoms with Gasteiger partial charge in [-0.15, -0.1) is 0 Å². The quantitative estimate of drug-likeness (QED) is 0.423. The monoisotopic (exact) mass is 516 g/mol. The molecule has 0 bridgehead atoms. The molecular formula is C19H17IO9. The molecule has 0 aromatic heterocycles. The SMILES string of the molecule is COC(=O)c1cc(OC)c2c(c1-c1c(COI)cc(OC)c3c1OCO3)OCO2. The second-order valence-corrected chi connectivity index (χ2v) is 6.61. The van der Waals surface area contributed by atoms with Crippen molar-refractivity contribution >= 4 is 29.0 Å². The molecular weight excluding hydrogens is 499 g/mol. The second kappa shape index (κ2) is 8.03. The topological polar surface area (TPSA) is 90.9 Å². The van der Waals surface area contributed by atoms with Crippen LogP contribution in [0.25, 0.3) is 11.1 Å². The van der Waals surface area contributed by atoms with Crippen molar-refractivity contribution in [2.75, 3.05) is 34.9 Å². The first-order chi connectivity index (χ1) is 14.1. The van der Waals surface area contributed by atoms with Crippen molar-refractivity contribution in [2.45, 2.75) is 6.61 Å². The maximum absolute atomic E-state index is 12.7. The van der Waals surface area contributed by atoms with Crippen LogP contribution in [0.5, 0.6) is 34.5 Å². The molecule has 0 saturated carbocycles. The van der Waals surface area contributed by atoms with Gasteiger partial charge in [0.2, 0.25) is 25.1 Å². The molecule has 2 aliphatic rings. The average Bonchev–Trinajstić information content (AvgIpc) is 3.42. The molecule has 2 heterocycles. The van der Waals surface area contributed by atoms with Crippen LogP contribution < -0.4 is 28.4 Å². The van der Waals surface area contributed by atoms with E-state index in [1.165, 1.54) is 21.3 Å². The predicted molar refractivity (Wildman–Crippen MR) is 107 cm³/mol. The lowest BCUT2D eigenvalue weighted by atomic mass is 9.92. The van der Waals surface area contributed by atoms with Gasteiger partial charge >= 0.3 is 5.97 Å². The van der Waals surface area contributed by atoms with Crippen LogP contribution in [0.1, 0.15) is 15.9 Å². The van der Waals surface area contributed by atoms with Gasteiger partial charge in [-0.3, -0.25) is 0 Å². The summed E-state index contributed by atoms with van der Waals surface area (Å²) in [5, 5.41) is 0. The molecule has 2 aromatic rings. The maximum Gasteiger partial charge on any atom is 0.338 e. The van der Waals surface area contributed by atoms with Crippen molar-refractivity contribution in [2.24, 2.45) is 0 Å². The van der Waals surface area contributed by atoms with Crippen molar-refractivity contribution in [1.29, 1.82) is 0 Å². The summed E-state index contributed by atoms with van der Waals surface area (Å²) in [7, 11) is 4.32. The lowest BCUT2D eigenvalue weighted by molar-refractivity contribution is 0.0601. The Morgan fingerprint density at radius 3 is 2.00 bits per heavy atom. The molecule has 0 fully saturated rings. The van der Waals surface area contributed by atoms with Crippen molar-refractivity contribution in [3.8, 4) is 45.6 Å². The minimum absolute atomic E-state index is 0.0104. The van der Waals surface area contributed by atoms with E-state index in [0.29, 0.717) is 51.2 Å². The Labute approximate surface area is 180 Å². The minimum Gasteiger partial charge on any atom is -0.493 e. The number of benzene rings is 2. The number of carbonyl (C=O) groups is 1. The van der Waals surface area contributed by atoms with Crippen molar-refractivity contribution in [3.63, 3.8) is 0 Å². The first-order valence-corrected chi connectivity index (χ1v) is 9.34. The van der Waals surface area contributed by atoms with Crippen LogP contribution in [0.3, 0.4) is 0 Å². The molecule has 2 aromatic carbocycles. The van der Waals surface area contributed by atoms with Crippen molar-refractivity contribution in [3.05, 3.63) is 23.3 Å². The summed E-state index contributed by atoms with van der Waals surface area (Å²) in [5.41, 5.74) is 1.94. The number of esters is 1. The molecule has 0 aliphatic carbocycles. The van der Waals surface area contributed by atoms with Crippen LogP contribution in [0.2, 0.25) is 0 Å². The van der Waals surface area contributed by atoms with Gasteiger partial charge in [0.05, 0.1) is 33.5 Å². The smallest absolute Gasteiger partial charge is 0.338 e. The van der Waals surface area contributed by atoms with E-state index in [9.17, 15) is 4.79 Å². The zero-order valence-corrected chi connectivity index (χ0v) is 18.0. The van der Waals surface area contributed by atoms with E-state index in [-0.39, 0.29) is 25.8 Å². The molecule has 29 heavy (non-hydrogen) atoms. The summed E-state index contributed by atoms with van der Waals surface area (Å²) < 4.78 is 43.8. The highest BCUT2D eigenvalue weighted by Crippen LogP contribution is 2.56. The third-order valence-corrected chi connectivity index (χ3v) is 4.92. The molecule has 10 heteroatoms. The van der Waals surface area contributed by atoms with Crippen LogP contribution in [0.4, 0.5) is 0 Å². The molecule has 9 nitrogen and oxygen atoms in total. The van der Waals surface area contributed by atoms with Crippen LogP contribution in [0, 0.1) is 0 Å². The fraction of sp³-hybridized carbons (Fsp3) is 0.316. The van der Waals surface area contributed by atoms with Gasteiger partial charge in [-0.2, -0.15) is 0 Å². The Bertz CT molecular complexity index is 973. The predicted octanol–water partition coefficient (Wildman–Crippen LogP) is 3.48. The number of hydrogen-bond donors (Lipinski definition) is 0. The van der Waals surface area contributed by atoms with Gasteiger partial charge < -0.3 is 36.2 Å². The maximum atomic E-state index is 12.7. The van der Waals surface area contributed by atoms with Gasteiger partial charge in [0.15, 0.2) is 23.0 Å². The van der Waals surface area contributed by atoms with Crippen molar-refractivity contribution in [1.82, 2.24) is 0 Å². The van der Waals surface area contributed by atoms with Gasteiger partial charge in [-0.1, -0.05) is 0 Å². The fourth-order valence-corrected chi connectivity index (χ4v) is 3.73. The zero-order chi connectivity index (χ0) is 20.5. The van der Waals surface area contributed by atoms with E-state index < -0.39 is 5.97 Å². The number of rotatable bonds is 6. The van der Waals surface area contributed by atoms with E-state index >= 15 is 0 Å². The van der Waals surface area contributed by atoms with E-state index in [0.717, 1.165) is 0 Å². The van der Waals surface area contributed by atoms with Crippen LogP contribution in [-0.2, 0) is 14.4 Å². The summed E-state index contributed by atoms with van der Waals surface area (Å²) in [5.74, 6) is 1.87. The number of carbonyl (C=O) groups excluding carboxylic acids is 1. The Balaban J connectivity index is 2.09. The molecule has 0 saturated heterocycles. The summed E-state index contributed by atoms with van der Waals surface area (Å²) in [6.45, 7) is 0.207. The van der Waals surface area contributed by atoms with E-state index in [1.807, 2.05) is 0 Å². The summed E-state index contributed by atoms with van der Waals surface area (Å²) in [6.07, 6.45) is 0. The van der Waals surface area contributed by atoms with Gasteiger partial charge in [-0.05, 0) is 17.7 Å². The molecule has 2 aliphatic heterocycles. The van der Waals surface area contributed by atoms with Crippen molar-refractivity contribution < 1.29 is 41.0 Å². The average molecular weight is 516 g/mol. The molecule has 0 radical (unpaired) electrons. The van der Waals surface area contributed by atoms with Gasteiger partial charge in [0.1, 0.15) is 23.0 Å². The van der Waals surface area contributed by atoms with E-state index in [4.69, 9.17) is 36.2 Å². The molecule has 0 amide bonds. The van der Waals surface area contributed by atoms with Gasteiger partial charge in [0.25, 0.3) is 0 Å². The number of fused-ring (bicyclic) bond motifs is 2. The minimum atomic E-state index is -0.568. The van der Waals surface area contributed by atoms with Gasteiger partial charge in [-0.25, -0.2) is 4.79 Å². The highest BCUT2D eigenvalue weighted by molar-refractivity contribution is 14.1. The summed E-state index contributed by atoms with van der Waals surface area (Å²) in [4.78, 5) is 12.7. The first-order valence-electron chi connectivity index (χ1n) is 8.46. The Hall–Kier alpha value is -2.60. The van der Waals surface area contributed by atoms with Crippen LogP contribution >= 0.6 is 23.0 Å². The van der Waals surface area contributed by atoms with Crippen LogP contribution in [-0.4, -0.2) is 40.9 Å². The third kappa shape index (κ3) is 3.15. The molecule has 0 atom stereocenters. The summed E-state index contributed by atoms with van der Waals surface area (Å²) >= 11 is 1.80. The normalized spacial score (nSPS) is 13.4. The Morgan fingerprint density at radius 2 is 1.45 bits per heavy atom. The number of halogens is 1. The highest BCUT2D eigenvalue weighted by Gasteiger charge is 2.36. The zero-order valence-electron chi connectivity index (χ0n) is 15.8. The lowest BCUT2D eigenvalue weighted by Gasteiger charge is -2.19. The van der Waals surface area contributed by atoms with Crippen LogP contribution in [0.15, 0.2) is 12.1 Å². The second-order valence-electron chi connectivity index (χ2n) is 5.99. The molecule has 4 rings (SSSR count). The molecule has 154 valence electrons. The number of hydrogen-bond acceptors (Lipinski definition) is 9. The van der Waals surface area contributed by atoms with Gasteiger partial charge in [0, 0.05) is 11.1 Å². The largest absolute Gasteiger partial charge is 0.493 e. The Morgan fingerprint density at radius 1 is 0.897 bits per heavy atom. The first kappa shape index (κ1) is 19.7. The lowest BCUT2D eigenvalue weighted by Crippen LogP contribution is -2.07. The Kier molecular flexibility index (Phi) is 5.46. The van der Waals surface area contributed by atoms with E-state index in [1.54, 1.807) is 35.1 Å². The molecule has 0 unspecified atom stereocenters. The summed E-state index contributed by atoms with van der Waals surface area (Å²) in [6, 6.07) is 3.32. The number of ether oxygens (including phenoxy) is 7. The molecule has 0 N–H and O–H groups in total. The number of methoxy groups -OCH3 is 3. The fourth-order valence-electron chi connectivity index (χ4n) is 3.40. The standard InChI is InChI=1S/C19H17IO9/c1-22-11-4-9(6-29-20)13(17-15(11)25-7-27-17)14-10(19(21)24-3)5-12(23-2)16-18(14)28-8-26-16/h4-5H,6-8H2,1-3H3. The third-order valence-electron chi connectivity index (χ3n) is 4.60. The molecule has 0 spiro atoms. The highest BCUT2D eigenvalue weighted by atomic mass is 127. The van der Waals surface area contributed by atoms with E-state index in [2.05, 4.69) is 0 Å².